The van der Waals surface area contributed by atoms with E-state index in [-0.39, 0.29) is 0 Å². The normalized spacial score (nSPS) is 24.4. The van der Waals surface area contributed by atoms with Crippen LogP contribution in [-0.4, -0.2) is 12.8 Å². The first-order chi connectivity index (χ1) is 6.77. The van der Waals surface area contributed by atoms with Gasteiger partial charge in [0.1, 0.15) is 5.82 Å². The molecule has 0 saturated carbocycles. The number of nitrogens with zero attached hydrogens (tertiary/aromatic N) is 1. The second-order valence-corrected chi connectivity index (χ2v) is 3.79. The third-order valence-electron chi connectivity index (χ3n) is 2.43. The second kappa shape index (κ2) is 5.63. The van der Waals surface area contributed by atoms with Gasteiger partial charge in [0.15, 0.2) is 0 Å². The molecular weight excluding hydrogens is 172 g/mol. The lowest BCUT2D eigenvalue weighted by molar-refractivity contribution is 0.538. The van der Waals surface area contributed by atoms with Crippen LogP contribution in [-0.2, 0) is 0 Å². The van der Waals surface area contributed by atoms with Gasteiger partial charge in [-0.1, -0.05) is 19.1 Å². The highest BCUT2D eigenvalue weighted by Crippen LogP contribution is 2.21. The van der Waals surface area contributed by atoms with Crippen molar-refractivity contribution in [2.45, 2.75) is 33.6 Å². The Morgan fingerprint density at radius 1 is 1.43 bits per heavy atom. The maximum absolute atomic E-state index is 4.37. The van der Waals surface area contributed by atoms with E-state index in [0.29, 0.717) is 0 Å². The predicted molar refractivity (Wildman–Crippen MR) is 62.4 cm³/mol. The number of allylic oxidation sites excluding steroid dienone is 3. The van der Waals surface area contributed by atoms with Crippen molar-refractivity contribution in [3.05, 3.63) is 23.5 Å². The van der Waals surface area contributed by atoms with Gasteiger partial charge in [-0.25, -0.2) is 4.99 Å². The van der Waals surface area contributed by atoms with Crippen LogP contribution in [0.15, 0.2) is 28.5 Å². The van der Waals surface area contributed by atoms with Crippen molar-refractivity contribution >= 4 is 6.21 Å². The Morgan fingerprint density at radius 3 is 2.86 bits per heavy atom. The van der Waals surface area contributed by atoms with Gasteiger partial charge < -0.3 is 5.32 Å². The Bertz CT molecular complexity index is 261. The molecule has 0 spiro atoms. The predicted octanol–water partition coefficient (Wildman–Crippen LogP) is 2.88. The molecule has 0 aliphatic carbocycles. The molecule has 0 fully saturated rings. The summed E-state index contributed by atoms with van der Waals surface area (Å²) in [5.41, 5.74) is 1.33. The van der Waals surface area contributed by atoms with Crippen molar-refractivity contribution in [2.24, 2.45) is 10.9 Å². The summed E-state index contributed by atoms with van der Waals surface area (Å²) in [4.78, 5) is 4.37. The van der Waals surface area contributed by atoms with E-state index < -0.39 is 0 Å². The first-order valence-corrected chi connectivity index (χ1v) is 5.36. The molecule has 1 unspecified atom stereocenters. The van der Waals surface area contributed by atoms with Gasteiger partial charge in [-0.05, 0) is 38.2 Å². The van der Waals surface area contributed by atoms with E-state index in [0.717, 1.165) is 24.7 Å². The lowest BCUT2D eigenvalue weighted by Gasteiger charge is -2.06. The van der Waals surface area contributed by atoms with Crippen LogP contribution in [0.25, 0.3) is 0 Å². The number of hydrogen-bond acceptors (Lipinski definition) is 2. The molecule has 0 bridgehead atoms. The number of hydrogen-bond donors (Lipinski definition) is 1. The maximum atomic E-state index is 4.37. The van der Waals surface area contributed by atoms with Gasteiger partial charge in [0, 0.05) is 12.8 Å². The van der Waals surface area contributed by atoms with Gasteiger partial charge in [0.05, 0.1) is 0 Å². The Hall–Kier alpha value is -1.05. The van der Waals surface area contributed by atoms with Crippen LogP contribution in [0.1, 0.15) is 33.6 Å². The molecule has 1 N–H and O–H groups in total. The van der Waals surface area contributed by atoms with E-state index in [1.54, 1.807) is 0 Å². The molecule has 0 aromatic heterocycles. The van der Waals surface area contributed by atoms with Crippen molar-refractivity contribution < 1.29 is 0 Å². The topological polar surface area (TPSA) is 24.4 Å². The van der Waals surface area contributed by atoms with Crippen LogP contribution in [0.4, 0.5) is 0 Å². The van der Waals surface area contributed by atoms with Crippen LogP contribution in [0, 0.1) is 5.92 Å². The SMILES string of the molecule is C/C=C\C1=C(/N=C\C)NCCC(C)C1. The van der Waals surface area contributed by atoms with E-state index in [1.165, 1.54) is 12.0 Å². The van der Waals surface area contributed by atoms with E-state index in [2.05, 4.69) is 36.3 Å². The zero-order valence-electron chi connectivity index (χ0n) is 9.38. The number of nitrogens with one attached hydrogen (secondary N) is 1. The maximum Gasteiger partial charge on any atom is 0.128 e. The molecule has 0 aromatic rings. The molecule has 2 heteroatoms. The summed E-state index contributed by atoms with van der Waals surface area (Å²) in [5.74, 6) is 1.80. The minimum Gasteiger partial charge on any atom is -0.370 e. The molecule has 1 heterocycles. The summed E-state index contributed by atoms with van der Waals surface area (Å²) in [7, 11) is 0. The first-order valence-electron chi connectivity index (χ1n) is 5.36. The lowest BCUT2D eigenvalue weighted by atomic mass is 9.99. The zero-order valence-corrected chi connectivity index (χ0v) is 9.38. The van der Waals surface area contributed by atoms with Crippen molar-refractivity contribution in [2.75, 3.05) is 6.54 Å². The van der Waals surface area contributed by atoms with Gasteiger partial charge in [-0.15, -0.1) is 0 Å². The summed E-state index contributed by atoms with van der Waals surface area (Å²) in [5, 5.41) is 3.38. The van der Waals surface area contributed by atoms with Gasteiger partial charge in [-0.3, -0.25) is 0 Å². The number of rotatable bonds is 2. The van der Waals surface area contributed by atoms with Crippen molar-refractivity contribution in [1.82, 2.24) is 5.32 Å². The number of aliphatic imine (C=N–C) groups is 1. The minimum atomic E-state index is 0.748. The highest BCUT2D eigenvalue weighted by molar-refractivity contribution is 5.55. The average Bonchev–Trinajstić information content (AvgIpc) is 2.31. The highest BCUT2D eigenvalue weighted by atomic mass is 15.0. The van der Waals surface area contributed by atoms with E-state index in [9.17, 15) is 0 Å². The summed E-state index contributed by atoms with van der Waals surface area (Å²) < 4.78 is 0. The molecule has 0 amide bonds. The van der Waals surface area contributed by atoms with Crippen LogP contribution >= 0.6 is 0 Å². The third-order valence-corrected chi connectivity index (χ3v) is 2.43. The fourth-order valence-electron chi connectivity index (χ4n) is 1.73. The molecule has 1 atom stereocenters. The molecule has 0 aromatic carbocycles. The molecule has 0 radical (unpaired) electrons. The molecular formula is C12H20N2. The van der Waals surface area contributed by atoms with Crippen LogP contribution < -0.4 is 5.32 Å². The molecule has 14 heavy (non-hydrogen) atoms. The van der Waals surface area contributed by atoms with Gasteiger partial charge >= 0.3 is 0 Å². The van der Waals surface area contributed by atoms with Crippen LogP contribution in [0.3, 0.4) is 0 Å². The summed E-state index contributed by atoms with van der Waals surface area (Å²) in [6.07, 6.45) is 8.45. The lowest BCUT2D eigenvalue weighted by Crippen LogP contribution is -2.13. The quantitative estimate of drug-likeness (QED) is 0.668. The fraction of sp³-hybridized carbons (Fsp3) is 0.583. The summed E-state index contributed by atoms with van der Waals surface area (Å²) in [6.45, 7) is 7.34. The zero-order chi connectivity index (χ0) is 10.4. The standard InChI is InChI=1S/C12H20N2/c1-4-6-11-9-10(3)7-8-14-12(11)13-5-2/h4-6,10,14H,7-9H2,1-3H3/b6-4-,13-5-. The summed E-state index contributed by atoms with van der Waals surface area (Å²) in [6, 6.07) is 0. The molecule has 1 rings (SSSR count). The Balaban J connectivity index is 2.90. The average molecular weight is 192 g/mol. The van der Waals surface area contributed by atoms with E-state index in [4.69, 9.17) is 0 Å². The highest BCUT2D eigenvalue weighted by Gasteiger charge is 2.12. The minimum absolute atomic E-state index is 0.748. The van der Waals surface area contributed by atoms with Crippen molar-refractivity contribution in [3.8, 4) is 0 Å². The largest absolute Gasteiger partial charge is 0.370 e. The second-order valence-electron chi connectivity index (χ2n) is 3.79. The Kier molecular flexibility index (Phi) is 4.44. The van der Waals surface area contributed by atoms with Crippen LogP contribution in [0.2, 0.25) is 0 Å². The van der Waals surface area contributed by atoms with Gasteiger partial charge in [0.25, 0.3) is 0 Å². The Morgan fingerprint density at radius 2 is 2.21 bits per heavy atom. The van der Waals surface area contributed by atoms with E-state index >= 15 is 0 Å². The molecule has 78 valence electrons. The third kappa shape index (κ3) is 3.02. The van der Waals surface area contributed by atoms with E-state index in [1.807, 2.05) is 13.1 Å². The fourth-order valence-corrected chi connectivity index (χ4v) is 1.73. The van der Waals surface area contributed by atoms with Gasteiger partial charge in [0.2, 0.25) is 0 Å². The smallest absolute Gasteiger partial charge is 0.128 e. The molecule has 1 aliphatic heterocycles. The van der Waals surface area contributed by atoms with Crippen molar-refractivity contribution in [3.63, 3.8) is 0 Å². The monoisotopic (exact) mass is 192 g/mol. The Labute approximate surface area is 86.8 Å². The van der Waals surface area contributed by atoms with Crippen LogP contribution in [0.5, 0.6) is 0 Å². The van der Waals surface area contributed by atoms with Crippen molar-refractivity contribution in [1.29, 1.82) is 0 Å². The molecule has 2 nitrogen and oxygen atoms in total. The first kappa shape index (κ1) is 11.0. The molecule has 0 saturated heterocycles. The molecule has 1 aliphatic rings. The summed E-state index contributed by atoms with van der Waals surface area (Å²) >= 11 is 0. The van der Waals surface area contributed by atoms with Gasteiger partial charge in [-0.2, -0.15) is 0 Å².